The first-order valence-electron chi connectivity index (χ1n) is 11.7. The Hall–Kier alpha value is -4.00. The maximum atomic E-state index is 13.0. The Bertz CT molecular complexity index is 1090. The quantitative estimate of drug-likeness (QED) is 0.133. The molecule has 0 aromatic heterocycles. The van der Waals surface area contributed by atoms with Crippen molar-refractivity contribution < 1.29 is 19.2 Å². The summed E-state index contributed by atoms with van der Waals surface area (Å²) >= 11 is 0. The summed E-state index contributed by atoms with van der Waals surface area (Å²) in [6.45, 7) is 3.25. The number of carbonyl (C=O) groups excluding carboxylic acids is 2. The molecule has 35 heavy (non-hydrogen) atoms. The van der Waals surface area contributed by atoms with Gasteiger partial charge < -0.3 is 9.64 Å². The molecule has 0 unspecified atom stereocenters. The van der Waals surface area contributed by atoms with Gasteiger partial charge in [0.25, 0.3) is 5.69 Å². The number of unbranched alkanes of at least 4 members (excludes halogenated alkanes) is 2. The maximum absolute atomic E-state index is 13.0. The van der Waals surface area contributed by atoms with Crippen LogP contribution in [0, 0.1) is 17.0 Å². The van der Waals surface area contributed by atoms with Crippen LogP contribution in [0.2, 0.25) is 0 Å². The van der Waals surface area contributed by atoms with Crippen molar-refractivity contribution in [3.05, 3.63) is 105 Å². The van der Waals surface area contributed by atoms with Crippen LogP contribution in [0.1, 0.15) is 52.7 Å². The summed E-state index contributed by atoms with van der Waals surface area (Å²) in [4.78, 5) is 36.5. The van der Waals surface area contributed by atoms with Gasteiger partial charge in [-0.25, -0.2) is 0 Å². The second-order valence-electron chi connectivity index (χ2n) is 8.43. The Labute approximate surface area is 205 Å². The van der Waals surface area contributed by atoms with Crippen LogP contribution in [0.15, 0.2) is 72.8 Å². The van der Waals surface area contributed by atoms with Gasteiger partial charge in [0.05, 0.1) is 23.2 Å². The minimum Gasteiger partial charge on any atom is -0.493 e. The molecular weight excluding hydrogens is 444 g/mol. The second-order valence-corrected chi connectivity index (χ2v) is 8.43. The van der Waals surface area contributed by atoms with E-state index >= 15 is 0 Å². The summed E-state index contributed by atoms with van der Waals surface area (Å²) in [7, 11) is 0. The summed E-state index contributed by atoms with van der Waals surface area (Å²) in [5, 5.41) is 11.2. The Morgan fingerprint density at radius 1 is 0.943 bits per heavy atom. The number of benzene rings is 3. The number of nitro groups is 1. The first kappa shape index (κ1) is 25.6. The molecule has 0 bridgehead atoms. The molecule has 0 N–H and O–H groups in total. The van der Waals surface area contributed by atoms with Crippen LogP contribution in [0.5, 0.6) is 5.75 Å². The van der Waals surface area contributed by atoms with E-state index in [1.54, 1.807) is 6.92 Å². The highest BCUT2D eigenvalue weighted by Crippen LogP contribution is 2.28. The zero-order valence-electron chi connectivity index (χ0n) is 19.9. The molecular formula is C28H30N2O5. The van der Waals surface area contributed by atoms with Crippen molar-refractivity contribution in [2.75, 3.05) is 6.61 Å². The third kappa shape index (κ3) is 7.78. The molecule has 1 amide bonds. The number of nitro benzene ring substituents is 1. The Balaban J connectivity index is 1.49. The number of nitrogens with zero attached hydrogens (tertiary/aromatic N) is 2. The van der Waals surface area contributed by atoms with Gasteiger partial charge in [-0.15, -0.1) is 0 Å². The van der Waals surface area contributed by atoms with Gasteiger partial charge >= 0.3 is 0 Å². The molecule has 0 atom stereocenters. The fourth-order valence-corrected chi connectivity index (χ4v) is 3.84. The van der Waals surface area contributed by atoms with Crippen LogP contribution < -0.4 is 4.74 Å². The van der Waals surface area contributed by atoms with E-state index in [0.29, 0.717) is 50.1 Å². The van der Waals surface area contributed by atoms with Crippen molar-refractivity contribution in [2.45, 2.75) is 45.7 Å². The smallest absolute Gasteiger partial charge is 0.283 e. The molecule has 0 spiro atoms. The number of aryl methyl sites for hydroxylation is 1. The molecule has 3 aromatic carbocycles. The number of carbonyl (C=O) groups is 2. The zero-order valence-corrected chi connectivity index (χ0v) is 19.9. The van der Waals surface area contributed by atoms with Gasteiger partial charge in [-0.1, -0.05) is 60.7 Å². The molecule has 0 heterocycles. The van der Waals surface area contributed by atoms with Gasteiger partial charge in [-0.05, 0) is 48.9 Å². The van der Waals surface area contributed by atoms with Crippen molar-refractivity contribution in [2.24, 2.45) is 0 Å². The highest BCUT2D eigenvalue weighted by Gasteiger charge is 2.17. The average molecular weight is 475 g/mol. The maximum Gasteiger partial charge on any atom is 0.283 e. The van der Waals surface area contributed by atoms with Gasteiger partial charge in [0.15, 0.2) is 6.29 Å². The van der Waals surface area contributed by atoms with E-state index in [1.807, 2.05) is 65.6 Å². The van der Waals surface area contributed by atoms with Crippen LogP contribution in [0.25, 0.3) is 0 Å². The minimum atomic E-state index is -0.585. The number of ether oxygens (including phenoxy) is 1. The Morgan fingerprint density at radius 2 is 1.54 bits per heavy atom. The predicted octanol–water partition coefficient (Wildman–Crippen LogP) is 5.88. The molecule has 0 aliphatic rings. The Morgan fingerprint density at radius 3 is 2.09 bits per heavy atom. The van der Waals surface area contributed by atoms with Gasteiger partial charge in [-0.2, -0.15) is 0 Å². The van der Waals surface area contributed by atoms with Crippen molar-refractivity contribution >= 4 is 17.9 Å². The monoisotopic (exact) mass is 474 g/mol. The van der Waals surface area contributed by atoms with Crippen LogP contribution in [-0.4, -0.2) is 28.6 Å². The summed E-state index contributed by atoms with van der Waals surface area (Å²) in [6, 6.07) is 22.7. The zero-order chi connectivity index (χ0) is 25.0. The first-order chi connectivity index (χ1) is 17.0. The lowest BCUT2D eigenvalue weighted by atomic mass is 10.1. The molecule has 0 saturated heterocycles. The molecule has 0 aliphatic heterocycles. The minimum absolute atomic E-state index is 0.0360. The number of amides is 1. The topological polar surface area (TPSA) is 89.7 Å². The fraction of sp³-hybridized carbons (Fsp3) is 0.286. The Kier molecular flexibility index (Phi) is 9.54. The van der Waals surface area contributed by atoms with E-state index in [0.717, 1.165) is 24.0 Å². The molecule has 0 radical (unpaired) electrons. The third-order valence-corrected chi connectivity index (χ3v) is 5.73. The van der Waals surface area contributed by atoms with Gasteiger partial charge in [-0.3, -0.25) is 19.7 Å². The first-order valence-corrected chi connectivity index (χ1v) is 11.7. The molecule has 3 rings (SSSR count). The SMILES string of the molecule is Cc1cc(C=O)c([N+](=O)[O-])cc1OCCCCCC(=O)N(Cc1ccccc1)Cc1ccccc1. The second kappa shape index (κ2) is 13.0. The third-order valence-electron chi connectivity index (χ3n) is 5.73. The lowest BCUT2D eigenvalue weighted by Crippen LogP contribution is -2.29. The van der Waals surface area contributed by atoms with E-state index in [4.69, 9.17) is 4.74 Å². The molecule has 0 saturated carbocycles. The summed E-state index contributed by atoms with van der Waals surface area (Å²) < 4.78 is 5.72. The largest absolute Gasteiger partial charge is 0.493 e. The standard InChI is InChI=1S/C28H30N2O5/c1-22-17-25(21-31)26(30(33)34)18-27(22)35-16-10-4-9-15-28(32)29(19-23-11-5-2-6-12-23)20-24-13-7-3-8-14-24/h2-3,5-8,11-14,17-18,21H,4,9-10,15-16,19-20H2,1H3. The molecule has 7 heteroatoms. The molecule has 182 valence electrons. The lowest BCUT2D eigenvalue weighted by molar-refractivity contribution is -0.385. The van der Waals surface area contributed by atoms with E-state index < -0.39 is 4.92 Å². The van der Waals surface area contributed by atoms with Crippen molar-refractivity contribution in [3.8, 4) is 5.75 Å². The highest BCUT2D eigenvalue weighted by molar-refractivity contribution is 5.82. The molecule has 0 fully saturated rings. The summed E-state index contributed by atoms with van der Waals surface area (Å²) in [5.41, 5.74) is 2.63. The number of hydrogen-bond acceptors (Lipinski definition) is 5. The summed E-state index contributed by atoms with van der Waals surface area (Å²) in [6.07, 6.45) is 3.16. The average Bonchev–Trinajstić information content (AvgIpc) is 2.87. The number of aldehydes is 1. The fourth-order valence-electron chi connectivity index (χ4n) is 3.84. The van der Waals surface area contributed by atoms with Gasteiger partial charge in [0, 0.05) is 19.5 Å². The highest BCUT2D eigenvalue weighted by atomic mass is 16.6. The van der Waals surface area contributed by atoms with Crippen molar-refractivity contribution in [1.82, 2.24) is 4.90 Å². The van der Waals surface area contributed by atoms with E-state index in [1.165, 1.54) is 12.1 Å². The van der Waals surface area contributed by atoms with Crippen molar-refractivity contribution in [1.29, 1.82) is 0 Å². The molecule has 3 aromatic rings. The van der Waals surface area contributed by atoms with Gasteiger partial charge in [0.1, 0.15) is 5.75 Å². The van der Waals surface area contributed by atoms with E-state index in [-0.39, 0.29) is 17.2 Å². The summed E-state index contributed by atoms with van der Waals surface area (Å²) in [5.74, 6) is 0.504. The van der Waals surface area contributed by atoms with Crippen LogP contribution >= 0.6 is 0 Å². The number of rotatable bonds is 13. The molecule has 7 nitrogen and oxygen atoms in total. The van der Waals surface area contributed by atoms with Crippen LogP contribution in [0.3, 0.4) is 0 Å². The molecule has 0 aliphatic carbocycles. The van der Waals surface area contributed by atoms with Crippen LogP contribution in [0.4, 0.5) is 5.69 Å². The van der Waals surface area contributed by atoms with Crippen LogP contribution in [-0.2, 0) is 17.9 Å². The lowest BCUT2D eigenvalue weighted by Gasteiger charge is -2.23. The van der Waals surface area contributed by atoms with E-state index in [9.17, 15) is 19.7 Å². The normalized spacial score (nSPS) is 10.5. The predicted molar refractivity (Wildman–Crippen MR) is 134 cm³/mol. The van der Waals surface area contributed by atoms with E-state index in [2.05, 4.69) is 0 Å². The number of hydrogen-bond donors (Lipinski definition) is 0. The van der Waals surface area contributed by atoms with Gasteiger partial charge in [0.2, 0.25) is 5.91 Å². The van der Waals surface area contributed by atoms with Crippen molar-refractivity contribution in [3.63, 3.8) is 0 Å².